The van der Waals surface area contributed by atoms with Gasteiger partial charge in [-0.3, -0.25) is 9.69 Å². The van der Waals surface area contributed by atoms with Crippen molar-refractivity contribution in [1.29, 1.82) is 0 Å². The van der Waals surface area contributed by atoms with Gasteiger partial charge in [0.15, 0.2) is 5.76 Å². The third-order valence-electron chi connectivity index (χ3n) is 5.31. The topological polar surface area (TPSA) is 62.7 Å². The molecule has 0 radical (unpaired) electrons. The van der Waals surface area contributed by atoms with Crippen LogP contribution in [-0.2, 0) is 6.54 Å². The molecule has 3 heterocycles. The Morgan fingerprint density at radius 3 is 2.59 bits per heavy atom. The van der Waals surface area contributed by atoms with Crippen LogP contribution >= 0.6 is 11.6 Å². The zero-order valence-corrected chi connectivity index (χ0v) is 16.5. The Hall–Kier alpha value is -2.31. The van der Waals surface area contributed by atoms with E-state index in [1.807, 2.05) is 37.8 Å². The minimum absolute atomic E-state index is 0.0585. The van der Waals surface area contributed by atoms with E-state index in [-0.39, 0.29) is 5.91 Å². The molecular weight excluding hydrogens is 366 g/mol. The molecule has 1 aliphatic heterocycles. The van der Waals surface area contributed by atoms with E-state index in [1.54, 1.807) is 6.07 Å². The summed E-state index contributed by atoms with van der Waals surface area (Å²) in [6, 6.07) is 5.42. The summed E-state index contributed by atoms with van der Waals surface area (Å²) >= 11 is 6.07. The van der Waals surface area contributed by atoms with Crippen molar-refractivity contribution in [1.82, 2.24) is 15.0 Å². The number of piperazine rings is 1. The molecule has 4 rings (SSSR count). The minimum atomic E-state index is -0.0585. The molecule has 2 aromatic heterocycles. The fourth-order valence-electron chi connectivity index (χ4n) is 3.60. The summed E-state index contributed by atoms with van der Waals surface area (Å²) in [4.78, 5) is 17.1. The van der Waals surface area contributed by atoms with Crippen molar-refractivity contribution in [2.24, 2.45) is 0 Å². The molecule has 3 aromatic rings. The number of furan rings is 1. The second-order valence-corrected chi connectivity index (χ2v) is 7.50. The molecule has 0 unspecified atom stereocenters. The van der Waals surface area contributed by atoms with Crippen LogP contribution in [0, 0.1) is 20.8 Å². The smallest absolute Gasteiger partial charge is 0.289 e. The number of halogens is 1. The van der Waals surface area contributed by atoms with E-state index in [0.29, 0.717) is 29.5 Å². The Morgan fingerprint density at radius 1 is 1.19 bits per heavy atom. The number of carbonyl (C=O) groups excluding carboxylic acids is 1. The van der Waals surface area contributed by atoms with Gasteiger partial charge < -0.3 is 13.8 Å². The summed E-state index contributed by atoms with van der Waals surface area (Å²) < 4.78 is 11.1. The SMILES string of the molecule is Cc1noc(C)c1CN1CCN(C(=O)c2oc3ccc(Cl)cc3c2C)CC1. The van der Waals surface area contributed by atoms with Crippen molar-refractivity contribution in [3.63, 3.8) is 0 Å². The quantitative estimate of drug-likeness (QED) is 0.680. The molecule has 0 saturated carbocycles. The lowest BCUT2D eigenvalue weighted by atomic mass is 10.1. The first-order valence-corrected chi connectivity index (χ1v) is 9.44. The summed E-state index contributed by atoms with van der Waals surface area (Å²) in [6.07, 6.45) is 0. The average molecular weight is 388 g/mol. The Bertz CT molecular complexity index is 980. The molecule has 27 heavy (non-hydrogen) atoms. The van der Waals surface area contributed by atoms with Gasteiger partial charge in [0.05, 0.1) is 5.69 Å². The highest BCUT2D eigenvalue weighted by molar-refractivity contribution is 6.31. The second kappa shape index (κ2) is 7.02. The van der Waals surface area contributed by atoms with Gasteiger partial charge in [-0.25, -0.2) is 0 Å². The van der Waals surface area contributed by atoms with Crippen LogP contribution in [0.4, 0.5) is 0 Å². The molecule has 142 valence electrons. The highest BCUT2D eigenvalue weighted by Crippen LogP contribution is 2.29. The maximum absolute atomic E-state index is 13.0. The fraction of sp³-hybridized carbons (Fsp3) is 0.400. The van der Waals surface area contributed by atoms with Crippen LogP contribution in [0.15, 0.2) is 27.1 Å². The zero-order valence-electron chi connectivity index (χ0n) is 15.7. The van der Waals surface area contributed by atoms with E-state index in [9.17, 15) is 4.79 Å². The molecule has 0 spiro atoms. The average Bonchev–Trinajstić information content (AvgIpc) is 3.16. The van der Waals surface area contributed by atoms with Gasteiger partial charge in [0.2, 0.25) is 0 Å². The largest absolute Gasteiger partial charge is 0.451 e. The molecule has 1 saturated heterocycles. The number of fused-ring (bicyclic) bond motifs is 1. The number of aryl methyl sites for hydroxylation is 3. The summed E-state index contributed by atoms with van der Waals surface area (Å²) in [5, 5.41) is 5.54. The number of hydrogen-bond donors (Lipinski definition) is 0. The molecule has 6 nitrogen and oxygen atoms in total. The Morgan fingerprint density at radius 2 is 1.93 bits per heavy atom. The van der Waals surface area contributed by atoms with Crippen molar-refractivity contribution in [2.45, 2.75) is 27.3 Å². The highest BCUT2D eigenvalue weighted by Gasteiger charge is 2.27. The number of amides is 1. The molecule has 0 aliphatic carbocycles. The zero-order chi connectivity index (χ0) is 19.1. The Labute approximate surface area is 162 Å². The molecule has 0 N–H and O–H groups in total. The standard InChI is InChI=1S/C20H22ClN3O3/c1-12-16-10-15(21)4-5-18(16)26-19(12)20(25)24-8-6-23(7-9-24)11-17-13(2)22-27-14(17)3/h4-5,10H,6-9,11H2,1-3H3. The third-order valence-corrected chi connectivity index (χ3v) is 5.55. The van der Waals surface area contributed by atoms with Crippen molar-refractivity contribution >= 4 is 28.5 Å². The molecule has 1 amide bonds. The van der Waals surface area contributed by atoms with Crippen LogP contribution in [0.2, 0.25) is 5.02 Å². The lowest BCUT2D eigenvalue weighted by molar-refractivity contribution is 0.0598. The van der Waals surface area contributed by atoms with Gasteiger partial charge in [-0.2, -0.15) is 0 Å². The van der Waals surface area contributed by atoms with Crippen molar-refractivity contribution in [3.8, 4) is 0 Å². The first-order valence-electron chi connectivity index (χ1n) is 9.06. The van der Waals surface area contributed by atoms with Gasteiger partial charge >= 0.3 is 0 Å². The van der Waals surface area contributed by atoms with Gasteiger partial charge in [0, 0.05) is 54.3 Å². The van der Waals surface area contributed by atoms with Crippen LogP contribution < -0.4 is 0 Å². The number of aromatic nitrogens is 1. The number of rotatable bonds is 3. The molecule has 0 bridgehead atoms. The molecule has 1 aromatic carbocycles. The lowest BCUT2D eigenvalue weighted by Gasteiger charge is -2.34. The highest BCUT2D eigenvalue weighted by atomic mass is 35.5. The van der Waals surface area contributed by atoms with Gasteiger partial charge in [0.1, 0.15) is 11.3 Å². The van der Waals surface area contributed by atoms with Crippen LogP contribution in [0.3, 0.4) is 0 Å². The van der Waals surface area contributed by atoms with E-state index in [2.05, 4.69) is 10.1 Å². The van der Waals surface area contributed by atoms with Crippen molar-refractivity contribution < 1.29 is 13.7 Å². The lowest BCUT2D eigenvalue weighted by Crippen LogP contribution is -2.48. The maximum Gasteiger partial charge on any atom is 0.289 e. The Kier molecular flexibility index (Phi) is 4.70. The van der Waals surface area contributed by atoms with E-state index >= 15 is 0 Å². The number of benzene rings is 1. The van der Waals surface area contributed by atoms with Gasteiger partial charge in [-0.1, -0.05) is 16.8 Å². The summed E-state index contributed by atoms with van der Waals surface area (Å²) in [5.74, 6) is 1.21. The van der Waals surface area contributed by atoms with Crippen molar-refractivity contribution in [3.05, 3.63) is 51.6 Å². The van der Waals surface area contributed by atoms with Crippen LogP contribution in [0.25, 0.3) is 11.0 Å². The first-order chi connectivity index (χ1) is 12.9. The third kappa shape index (κ3) is 3.35. The number of carbonyl (C=O) groups is 1. The minimum Gasteiger partial charge on any atom is -0.451 e. The Balaban J connectivity index is 1.45. The molecule has 7 heteroatoms. The first kappa shape index (κ1) is 18.1. The summed E-state index contributed by atoms with van der Waals surface area (Å²) in [5.41, 5.74) is 3.61. The fourth-order valence-corrected chi connectivity index (χ4v) is 3.77. The molecule has 1 fully saturated rings. The predicted molar refractivity (Wildman–Crippen MR) is 103 cm³/mol. The van der Waals surface area contributed by atoms with Gasteiger partial charge in [0.25, 0.3) is 5.91 Å². The van der Waals surface area contributed by atoms with Gasteiger partial charge in [-0.05, 0) is 39.0 Å². The summed E-state index contributed by atoms with van der Waals surface area (Å²) in [6.45, 7) is 9.54. The van der Waals surface area contributed by atoms with E-state index in [1.165, 1.54) is 0 Å². The normalized spacial score (nSPS) is 15.6. The molecule has 0 atom stereocenters. The molecular formula is C20H22ClN3O3. The van der Waals surface area contributed by atoms with E-state index in [0.717, 1.165) is 47.6 Å². The van der Waals surface area contributed by atoms with Crippen LogP contribution in [-0.4, -0.2) is 47.0 Å². The van der Waals surface area contributed by atoms with Crippen LogP contribution in [0.1, 0.15) is 33.1 Å². The monoisotopic (exact) mass is 387 g/mol. The van der Waals surface area contributed by atoms with E-state index in [4.69, 9.17) is 20.5 Å². The summed E-state index contributed by atoms with van der Waals surface area (Å²) in [7, 11) is 0. The number of hydrogen-bond acceptors (Lipinski definition) is 5. The number of nitrogens with zero attached hydrogens (tertiary/aromatic N) is 3. The van der Waals surface area contributed by atoms with E-state index < -0.39 is 0 Å². The second-order valence-electron chi connectivity index (χ2n) is 7.07. The van der Waals surface area contributed by atoms with Gasteiger partial charge in [-0.15, -0.1) is 0 Å². The van der Waals surface area contributed by atoms with Crippen molar-refractivity contribution in [2.75, 3.05) is 26.2 Å². The van der Waals surface area contributed by atoms with Crippen LogP contribution in [0.5, 0.6) is 0 Å². The predicted octanol–water partition coefficient (Wildman–Crippen LogP) is 3.96. The maximum atomic E-state index is 13.0. The molecule has 1 aliphatic rings.